The Morgan fingerprint density at radius 3 is 2.44 bits per heavy atom. The number of halogens is 2. The van der Waals surface area contributed by atoms with Crippen molar-refractivity contribution in [1.29, 1.82) is 0 Å². The van der Waals surface area contributed by atoms with E-state index in [4.69, 9.17) is 4.74 Å². The van der Waals surface area contributed by atoms with E-state index in [0.29, 0.717) is 17.3 Å². The largest absolute Gasteiger partial charge is 0.370 e. The molecule has 0 atom stereocenters. The van der Waals surface area contributed by atoms with Crippen molar-refractivity contribution in [3.05, 3.63) is 34.1 Å². The Labute approximate surface area is 116 Å². The number of ether oxygens (including phenoxy) is 1. The highest BCUT2D eigenvalue weighted by molar-refractivity contribution is 9.10. The second-order valence-corrected chi connectivity index (χ2v) is 5.10. The maximum absolute atomic E-state index is 13.0. The second-order valence-electron chi connectivity index (χ2n) is 4.24. The summed E-state index contributed by atoms with van der Waals surface area (Å²) in [6.45, 7) is 3.87. The van der Waals surface area contributed by atoms with E-state index < -0.39 is 5.60 Å². The first-order valence-corrected chi connectivity index (χ1v) is 6.80. The van der Waals surface area contributed by atoms with Gasteiger partial charge in [0, 0.05) is 18.0 Å². The van der Waals surface area contributed by atoms with Gasteiger partial charge in [-0.05, 0) is 30.5 Å². The molecule has 1 aromatic carbocycles. The minimum absolute atomic E-state index is 0.0299. The molecule has 0 bridgehead atoms. The SMILES string of the molecule is CCC(CC)(OC)C(=O)Cc1ccc(F)cc1Br. The Morgan fingerprint density at radius 2 is 2.00 bits per heavy atom. The predicted molar refractivity (Wildman–Crippen MR) is 73.1 cm³/mol. The molecule has 0 aliphatic carbocycles. The molecule has 0 spiro atoms. The molecule has 4 heteroatoms. The molecular weight excluding hydrogens is 299 g/mol. The van der Waals surface area contributed by atoms with Crippen LogP contribution < -0.4 is 0 Å². The summed E-state index contributed by atoms with van der Waals surface area (Å²) in [6, 6.07) is 4.36. The number of benzene rings is 1. The summed E-state index contributed by atoms with van der Waals surface area (Å²) in [5.41, 5.74) is 0.0538. The lowest BCUT2D eigenvalue weighted by Crippen LogP contribution is -2.40. The maximum Gasteiger partial charge on any atom is 0.168 e. The summed E-state index contributed by atoms with van der Waals surface area (Å²) < 4.78 is 19.0. The van der Waals surface area contributed by atoms with Gasteiger partial charge in [0.25, 0.3) is 0 Å². The fourth-order valence-electron chi connectivity index (χ4n) is 2.05. The Balaban J connectivity index is 2.93. The molecule has 0 N–H and O–H groups in total. The lowest BCUT2D eigenvalue weighted by atomic mass is 9.88. The predicted octanol–water partition coefficient (Wildman–Crippen LogP) is 3.91. The van der Waals surface area contributed by atoms with Gasteiger partial charge in [0.05, 0.1) is 0 Å². The van der Waals surface area contributed by atoms with Crippen molar-refractivity contribution in [3.63, 3.8) is 0 Å². The standard InChI is InChI=1S/C14H18BrFO2/c1-4-14(5-2,18-3)13(17)8-10-6-7-11(16)9-12(10)15/h6-7,9H,4-5,8H2,1-3H3. The van der Waals surface area contributed by atoms with E-state index in [9.17, 15) is 9.18 Å². The van der Waals surface area contributed by atoms with Gasteiger partial charge in [0.15, 0.2) is 5.78 Å². The molecule has 100 valence electrons. The van der Waals surface area contributed by atoms with Crippen molar-refractivity contribution in [1.82, 2.24) is 0 Å². The number of methoxy groups -OCH3 is 1. The first-order valence-electron chi connectivity index (χ1n) is 6.01. The Bertz CT molecular complexity index is 420. The van der Waals surface area contributed by atoms with Crippen molar-refractivity contribution in [3.8, 4) is 0 Å². The van der Waals surface area contributed by atoms with E-state index in [1.54, 1.807) is 13.2 Å². The summed E-state index contributed by atoms with van der Waals surface area (Å²) >= 11 is 3.28. The molecule has 0 saturated heterocycles. The molecule has 18 heavy (non-hydrogen) atoms. The number of rotatable bonds is 6. The molecule has 0 radical (unpaired) electrons. The van der Waals surface area contributed by atoms with Crippen LogP contribution in [0.4, 0.5) is 4.39 Å². The van der Waals surface area contributed by atoms with Gasteiger partial charge in [-0.15, -0.1) is 0 Å². The molecule has 0 unspecified atom stereocenters. The average Bonchev–Trinajstić information content (AvgIpc) is 2.36. The lowest BCUT2D eigenvalue weighted by molar-refractivity contribution is -0.141. The lowest BCUT2D eigenvalue weighted by Gasteiger charge is -2.28. The average molecular weight is 317 g/mol. The summed E-state index contributed by atoms with van der Waals surface area (Å²) in [5.74, 6) is -0.288. The number of Topliss-reactive ketones (excluding diaryl/α,β-unsaturated/α-hetero) is 1. The van der Waals surface area contributed by atoms with Crippen molar-refractivity contribution in [2.24, 2.45) is 0 Å². The van der Waals surface area contributed by atoms with Crippen LogP contribution in [-0.4, -0.2) is 18.5 Å². The molecule has 0 aliphatic rings. The van der Waals surface area contributed by atoms with E-state index in [-0.39, 0.29) is 18.0 Å². The van der Waals surface area contributed by atoms with Gasteiger partial charge < -0.3 is 4.74 Å². The smallest absolute Gasteiger partial charge is 0.168 e. The van der Waals surface area contributed by atoms with Gasteiger partial charge in [0.1, 0.15) is 11.4 Å². The first-order chi connectivity index (χ1) is 8.49. The minimum Gasteiger partial charge on any atom is -0.370 e. The van der Waals surface area contributed by atoms with E-state index in [1.165, 1.54) is 12.1 Å². The molecule has 0 fully saturated rings. The molecule has 0 amide bonds. The zero-order valence-corrected chi connectivity index (χ0v) is 12.5. The van der Waals surface area contributed by atoms with Crippen molar-refractivity contribution in [2.45, 2.75) is 38.7 Å². The summed E-state index contributed by atoms with van der Waals surface area (Å²) in [6.07, 6.45) is 1.52. The number of carbonyl (C=O) groups is 1. The highest BCUT2D eigenvalue weighted by Gasteiger charge is 2.34. The van der Waals surface area contributed by atoms with Crippen molar-refractivity contribution >= 4 is 21.7 Å². The fourth-order valence-corrected chi connectivity index (χ4v) is 2.54. The Kier molecular flexibility index (Phi) is 5.47. The van der Waals surface area contributed by atoms with Gasteiger partial charge in [-0.3, -0.25) is 4.79 Å². The molecular formula is C14H18BrFO2. The third-order valence-electron chi connectivity index (χ3n) is 3.41. The maximum atomic E-state index is 13.0. The zero-order chi connectivity index (χ0) is 13.8. The van der Waals surface area contributed by atoms with Crippen LogP contribution in [-0.2, 0) is 16.0 Å². The third kappa shape index (κ3) is 3.18. The van der Waals surface area contributed by atoms with Crippen LogP contribution >= 0.6 is 15.9 Å². The quantitative estimate of drug-likeness (QED) is 0.795. The molecule has 2 nitrogen and oxygen atoms in total. The summed E-state index contributed by atoms with van der Waals surface area (Å²) in [5, 5.41) is 0. The number of carbonyl (C=O) groups excluding carboxylic acids is 1. The molecule has 0 heterocycles. The van der Waals surface area contributed by atoms with Gasteiger partial charge in [-0.2, -0.15) is 0 Å². The summed E-state index contributed by atoms with van der Waals surface area (Å²) in [7, 11) is 1.56. The van der Waals surface area contributed by atoms with E-state index in [0.717, 1.165) is 5.56 Å². The molecule has 0 saturated carbocycles. The van der Waals surface area contributed by atoms with Crippen LogP contribution in [0.25, 0.3) is 0 Å². The highest BCUT2D eigenvalue weighted by atomic mass is 79.9. The number of hydrogen-bond acceptors (Lipinski definition) is 2. The van der Waals surface area contributed by atoms with Gasteiger partial charge in [0.2, 0.25) is 0 Å². The van der Waals surface area contributed by atoms with Crippen molar-refractivity contribution in [2.75, 3.05) is 7.11 Å². The molecule has 1 aromatic rings. The van der Waals surface area contributed by atoms with E-state index in [1.807, 2.05) is 13.8 Å². The fraction of sp³-hybridized carbons (Fsp3) is 0.500. The zero-order valence-electron chi connectivity index (χ0n) is 10.9. The van der Waals surface area contributed by atoms with Crippen LogP contribution in [0, 0.1) is 5.82 Å². The first kappa shape index (κ1) is 15.3. The van der Waals surface area contributed by atoms with E-state index >= 15 is 0 Å². The van der Waals surface area contributed by atoms with Crippen molar-refractivity contribution < 1.29 is 13.9 Å². The van der Waals surface area contributed by atoms with Crippen LogP contribution in [0.3, 0.4) is 0 Å². The van der Waals surface area contributed by atoms with Crippen LogP contribution in [0.15, 0.2) is 22.7 Å². The number of hydrogen-bond donors (Lipinski definition) is 0. The summed E-state index contributed by atoms with van der Waals surface area (Å²) in [4.78, 5) is 12.3. The van der Waals surface area contributed by atoms with Crippen LogP contribution in [0.2, 0.25) is 0 Å². The minimum atomic E-state index is -0.728. The third-order valence-corrected chi connectivity index (χ3v) is 4.15. The van der Waals surface area contributed by atoms with Gasteiger partial charge in [-0.25, -0.2) is 4.39 Å². The Morgan fingerprint density at radius 1 is 1.39 bits per heavy atom. The molecule has 1 rings (SSSR count). The van der Waals surface area contributed by atoms with Gasteiger partial charge in [-0.1, -0.05) is 35.8 Å². The molecule has 0 aromatic heterocycles. The monoisotopic (exact) mass is 316 g/mol. The normalized spacial score (nSPS) is 11.6. The number of ketones is 1. The highest BCUT2D eigenvalue weighted by Crippen LogP contribution is 2.25. The van der Waals surface area contributed by atoms with Crippen LogP contribution in [0.5, 0.6) is 0 Å². The molecule has 0 aliphatic heterocycles. The van der Waals surface area contributed by atoms with Crippen LogP contribution in [0.1, 0.15) is 32.3 Å². The van der Waals surface area contributed by atoms with Gasteiger partial charge >= 0.3 is 0 Å². The Hall–Kier alpha value is -0.740. The second kappa shape index (κ2) is 6.43. The topological polar surface area (TPSA) is 26.3 Å². The van der Waals surface area contributed by atoms with E-state index in [2.05, 4.69) is 15.9 Å².